The smallest absolute Gasteiger partial charge is 0.239 e. The van der Waals surface area contributed by atoms with Gasteiger partial charge in [-0.15, -0.1) is 0 Å². The third-order valence-electron chi connectivity index (χ3n) is 5.12. The lowest BCUT2D eigenvalue weighted by Crippen LogP contribution is -2.42. The van der Waals surface area contributed by atoms with Gasteiger partial charge >= 0.3 is 0 Å². The van der Waals surface area contributed by atoms with Crippen LogP contribution in [0.4, 0.5) is 5.69 Å². The van der Waals surface area contributed by atoms with E-state index in [1.807, 2.05) is 24.3 Å². The molecule has 1 N–H and O–H groups in total. The molecule has 0 aromatic heterocycles. The Balaban J connectivity index is 1.62. The zero-order chi connectivity index (χ0) is 16.9. The molecule has 5 heteroatoms. The number of para-hydroxylation sites is 1. The summed E-state index contributed by atoms with van der Waals surface area (Å²) in [7, 11) is 0. The number of amides is 2. The van der Waals surface area contributed by atoms with Crippen LogP contribution in [0.1, 0.15) is 51.4 Å². The fourth-order valence-corrected chi connectivity index (χ4v) is 4.23. The third kappa shape index (κ3) is 4.00. The topological polar surface area (TPSA) is 49.4 Å². The van der Waals surface area contributed by atoms with Crippen LogP contribution in [0, 0.1) is 5.92 Å². The molecule has 0 spiro atoms. The van der Waals surface area contributed by atoms with E-state index >= 15 is 0 Å². The minimum Gasteiger partial charge on any atom is -0.353 e. The van der Waals surface area contributed by atoms with E-state index in [1.54, 1.807) is 4.90 Å². The molecule has 1 saturated heterocycles. The van der Waals surface area contributed by atoms with Gasteiger partial charge in [0, 0.05) is 17.1 Å². The lowest BCUT2D eigenvalue weighted by Gasteiger charge is -2.23. The first kappa shape index (κ1) is 17.5. The molecule has 1 aromatic rings. The molecule has 4 nitrogen and oxygen atoms in total. The average molecular weight is 393 g/mol. The molecule has 1 aromatic carbocycles. The monoisotopic (exact) mass is 392 g/mol. The van der Waals surface area contributed by atoms with Gasteiger partial charge in [0.05, 0.1) is 5.69 Å². The summed E-state index contributed by atoms with van der Waals surface area (Å²) in [6.45, 7) is 0.601. The Morgan fingerprint density at radius 1 is 1.04 bits per heavy atom. The second kappa shape index (κ2) is 8.15. The summed E-state index contributed by atoms with van der Waals surface area (Å²) in [5, 5.41) is 3.15. The highest BCUT2D eigenvalue weighted by atomic mass is 79.9. The van der Waals surface area contributed by atoms with Crippen molar-refractivity contribution >= 4 is 33.4 Å². The van der Waals surface area contributed by atoms with Crippen molar-refractivity contribution in [2.75, 3.05) is 11.4 Å². The van der Waals surface area contributed by atoms with Crippen LogP contribution in [0.15, 0.2) is 28.7 Å². The van der Waals surface area contributed by atoms with E-state index in [9.17, 15) is 9.59 Å². The molecule has 0 bridgehead atoms. The number of benzene rings is 1. The van der Waals surface area contributed by atoms with Crippen LogP contribution in [-0.2, 0) is 9.59 Å². The second-order valence-electron chi connectivity index (χ2n) is 6.83. The summed E-state index contributed by atoms with van der Waals surface area (Å²) in [5.41, 5.74) is 0.851. The van der Waals surface area contributed by atoms with Crippen molar-refractivity contribution in [2.24, 2.45) is 5.92 Å². The van der Waals surface area contributed by atoms with Crippen LogP contribution in [0.3, 0.4) is 0 Å². The number of halogens is 1. The van der Waals surface area contributed by atoms with E-state index < -0.39 is 5.92 Å². The van der Waals surface area contributed by atoms with Gasteiger partial charge in [-0.3, -0.25) is 9.59 Å². The van der Waals surface area contributed by atoms with Crippen molar-refractivity contribution in [1.82, 2.24) is 5.32 Å². The number of nitrogens with one attached hydrogen (secondary N) is 1. The number of carbonyl (C=O) groups excluding carboxylic acids is 2. The summed E-state index contributed by atoms with van der Waals surface area (Å²) < 4.78 is 0.888. The van der Waals surface area contributed by atoms with Crippen molar-refractivity contribution in [1.29, 1.82) is 0 Å². The van der Waals surface area contributed by atoms with E-state index in [0.717, 1.165) is 23.0 Å². The molecule has 130 valence electrons. The fourth-order valence-electron chi connectivity index (χ4n) is 3.74. The van der Waals surface area contributed by atoms with Crippen molar-refractivity contribution in [2.45, 2.75) is 57.4 Å². The van der Waals surface area contributed by atoms with E-state index in [1.165, 1.54) is 32.1 Å². The Morgan fingerprint density at radius 3 is 2.42 bits per heavy atom. The van der Waals surface area contributed by atoms with Crippen molar-refractivity contribution in [3.05, 3.63) is 28.7 Å². The lowest BCUT2D eigenvalue weighted by molar-refractivity contribution is -0.132. The molecule has 1 atom stereocenters. The van der Waals surface area contributed by atoms with E-state index in [4.69, 9.17) is 0 Å². The molecule has 3 rings (SSSR count). The van der Waals surface area contributed by atoms with Crippen molar-refractivity contribution < 1.29 is 9.59 Å². The van der Waals surface area contributed by atoms with Crippen LogP contribution in [0.2, 0.25) is 0 Å². The largest absolute Gasteiger partial charge is 0.353 e. The molecular formula is C19H25BrN2O2. The van der Waals surface area contributed by atoms with Gasteiger partial charge in [0.15, 0.2) is 0 Å². The molecular weight excluding hydrogens is 368 g/mol. The average Bonchev–Trinajstić information content (AvgIpc) is 2.92. The number of anilines is 1. The van der Waals surface area contributed by atoms with Gasteiger partial charge in [-0.2, -0.15) is 0 Å². The van der Waals surface area contributed by atoms with E-state index in [0.29, 0.717) is 13.0 Å². The van der Waals surface area contributed by atoms with Crippen LogP contribution in [-0.4, -0.2) is 24.4 Å². The highest BCUT2D eigenvalue weighted by molar-refractivity contribution is 9.10. The Bertz CT molecular complexity index is 597. The molecule has 0 radical (unpaired) electrons. The van der Waals surface area contributed by atoms with Crippen LogP contribution >= 0.6 is 15.9 Å². The normalized spacial score (nSPS) is 23.0. The van der Waals surface area contributed by atoms with Crippen molar-refractivity contribution in [3.8, 4) is 0 Å². The van der Waals surface area contributed by atoms with E-state index in [-0.39, 0.29) is 17.9 Å². The standard InChI is InChI=1S/C19H25BrN2O2/c20-16-10-6-7-11-17(16)22-13-12-15(19(22)24)18(23)21-14-8-4-2-1-3-5-9-14/h6-7,10-11,14-15H,1-5,8-9,12-13H2,(H,21,23)/t15-/m1/s1. The maximum absolute atomic E-state index is 12.7. The Morgan fingerprint density at radius 2 is 1.71 bits per heavy atom. The van der Waals surface area contributed by atoms with Gasteiger partial charge in [0.25, 0.3) is 0 Å². The van der Waals surface area contributed by atoms with Crippen LogP contribution < -0.4 is 10.2 Å². The van der Waals surface area contributed by atoms with Crippen LogP contribution in [0.5, 0.6) is 0 Å². The SMILES string of the molecule is O=C(NC1CCCCCCC1)[C@H]1CCN(c2ccccc2Br)C1=O. The summed E-state index contributed by atoms with van der Waals surface area (Å²) >= 11 is 3.49. The molecule has 1 saturated carbocycles. The number of rotatable bonds is 3. The molecule has 1 aliphatic heterocycles. The zero-order valence-electron chi connectivity index (χ0n) is 14.0. The number of hydrogen-bond acceptors (Lipinski definition) is 2. The second-order valence-corrected chi connectivity index (χ2v) is 7.69. The van der Waals surface area contributed by atoms with Gasteiger partial charge in [-0.1, -0.05) is 44.2 Å². The molecule has 24 heavy (non-hydrogen) atoms. The summed E-state index contributed by atoms with van der Waals surface area (Å²) in [6.07, 6.45) is 8.84. The first-order valence-corrected chi connectivity index (χ1v) is 9.82. The summed E-state index contributed by atoms with van der Waals surface area (Å²) in [5.74, 6) is -0.701. The highest BCUT2D eigenvalue weighted by Gasteiger charge is 2.38. The van der Waals surface area contributed by atoms with Gasteiger partial charge in [0.2, 0.25) is 11.8 Å². The number of nitrogens with zero attached hydrogens (tertiary/aromatic N) is 1. The van der Waals surface area contributed by atoms with Crippen LogP contribution in [0.25, 0.3) is 0 Å². The zero-order valence-corrected chi connectivity index (χ0v) is 15.6. The minimum atomic E-state index is -0.539. The highest BCUT2D eigenvalue weighted by Crippen LogP contribution is 2.31. The predicted octanol–water partition coefficient (Wildman–Crippen LogP) is 4.03. The van der Waals surface area contributed by atoms with E-state index in [2.05, 4.69) is 21.2 Å². The molecule has 1 heterocycles. The molecule has 2 fully saturated rings. The maximum Gasteiger partial charge on any atom is 0.239 e. The molecule has 0 unspecified atom stereocenters. The Labute approximate surface area is 152 Å². The first-order valence-electron chi connectivity index (χ1n) is 9.03. The number of carbonyl (C=O) groups is 2. The van der Waals surface area contributed by atoms with Gasteiger partial charge < -0.3 is 10.2 Å². The van der Waals surface area contributed by atoms with Crippen molar-refractivity contribution in [3.63, 3.8) is 0 Å². The van der Waals surface area contributed by atoms with Gasteiger partial charge in [-0.25, -0.2) is 0 Å². The summed E-state index contributed by atoms with van der Waals surface area (Å²) in [4.78, 5) is 27.1. The minimum absolute atomic E-state index is 0.0785. The quantitative estimate of drug-likeness (QED) is 0.789. The summed E-state index contributed by atoms with van der Waals surface area (Å²) in [6, 6.07) is 7.91. The third-order valence-corrected chi connectivity index (χ3v) is 5.79. The molecule has 2 amide bonds. The van der Waals surface area contributed by atoms with Gasteiger partial charge in [-0.05, 0) is 47.3 Å². The lowest BCUT2D eigenvalue weighted by atomic mass is 9.96. The Kier molecular flexibility index (Phi) is 5.93. The number of hydrogen-bond donors (Lipinski definition) is 1. The molecule has 1 aliphatic carbocycles. The molecule has 2 aliphatic rings. The fraction of sp³-hybridized carbons (Fsp3) is 0.579. The van der Waals surface area contributed by atoms with Gasteiger partial charge in [0.1, 0.15) is 5.92 Å². The first-order chi connectivity index (χ1) is 11.7. The maximum atomic E-state index is 12.7. The predicted molar refractivity (Wildman–Crippen MR) is 98.9 cm³/mol. The Hall–Kier alpha value is -1.36.